The second-order valence-corrected chi connectivity index (χ2v) is 10.5. The van der Waals surface area contributed by atoms with E-state index in [1.54, 1.807) is 0 Å². The van der Waals surface area contributed by atoms with Crippen molar-refractivity contribution >= 4 is 31.7 Å². The van der Waals surface area contributed by atoms with Crippen LogP contribution >= 0.6 is 0 Å². The molecule has 1 aromatic rings. The third-order valence-electron chi connectivity index (χ3n) is 4.24. The maximum Gasteiger partial charge on any atom is 0.244 e. The highest BCUT2D eigenvalue weighted by Gasteiger charge is 2.30. The smallest absolute Gasteiger partial charge is 0.244 e. The Morgan fingerprint density at radius 2 is 1.68 bits per heavy atom. The van der Waals surface area contributed by atoms with E-state index in [1.807, 2.05) is 0 Å². The quantitative estimate of drug-likeness (QED) is 0.605. The summed E-state index contributed by atoms with van der Waals surface area (Å²) in [5.41, 5.74) is 0. The molecule has 28 heavy (non-hydrogen) atoms. The zero-order chi connectivity index (χ0) is 21.1. The monoisotopic (exact) mass is 435 g/mol. The Balaban J connectivity index is 1.96. The number of hydrogen-bond acceptors (Lipinski definition) is 6. The van der Waals surface area contributed by atoms with Crippen molar-refractivity contribution in [3.63, 3.8) is 0 Å². The summed E-state index contributed by atoms with van der Waals surface area (Å²) in [6.45, 7) is 2.76. The van der Waals surface area contributed by atoms with E-state index in [-0.39, 0.29) is 24.6 Å². The van der Waals surface area contributed by atoms with E-state index in [9.17, 15) is 30.8 Å². The SMILES string of the molecule is CC(NC(=O)[C@H](C)NS(=O)(=O)c1ccccc1F)C(=O)N1CCS(=O)(=O)CC1. The summed E-state index contributed by atoms with van der Waals surface area (Å²) < 4.78 is 63.1. The van der Waals surface area contributed by atoms with Gasteiger partial charge in [-0.2, -0.15) is 4.72 Å². The van der Waals surface area contributed by atoms with Crippen molar-refractivity contribution < 1.29 is 30.8 Å². The number of nitrogens with one attached hydrogen (secondary N) is 2. The van der Waals surface area contributed by atoms with Crippen molar-refractivity contribution in [3.05, 3.63) is 30.1 Å². The summed E-state index contributed by atoms with van der Waals surface area (Å²) >= 11 is 0. The molecule has 1 aliphatic rings. The van der Waals surface area contributed by atoms with Crippen LogP contribution in [0.3, 0.4) is 0 Å². The first-order valence-corrected chi connectivity index (χ1v) is 11.8. The second kappa shape index (κ2) is 8.53. The molecule has 1 aliphatic heterocycles. The lowest BCUT2D eigenvalue weighted by molar-refractivity contribution is -0.136. The van der Waals surface area contributed by atoms with Gasteiger partial charge in [0.15, 0.2) is 9.84 Å². The van der Waals surface area contributed by atoms with E-state index in [0.29, 0.717) is 0 Å². The highest BCUT2D eigenvalue weighted by Crippen LogP contribution is 2.13. The standard InChI is InChI=1S/C16H22FN3O6S2/c1-11(19-28(25,26)14-6-4-3-5-13(14)17)15(21)18-12(2)16(22)20-7-9-27(23,24)10-8-20/h3-6,11-12,19H,7-10H2,1-2H3,(H,18,21)/t11-,12?/m0/s1. The normalized spacial score (nSPS) is 18.9. The van der Waals surface area contributed by atoms with Crippen LogP contribution in [0.1, 0.15) is 13.8 Å². The van der Waals surface area contributed by atoms with Gasteiger partial charge >= 0.3 is 0 Å². The van der Waals surface area contributed by atoms with Gasteiger partial charge in [0.05, 0.1) is 17.5 Å². The number of carbonyl (C=O) groups excluding carboxylic acids is 2. The van der Waals surface area contributed by atoms with Gasteiger partial charge in [0, 0.05) is 13.1 Å². The zero-order valence-electron chi connectivity index (χ0n) is 15.4. The van der Waals surface area contributed by atoms with Crippen LogP contribution in [0.4, 0.5) is 4.39 Å². The van der Waals surface area contributed by atoms with Gasteiger partial charge in [-0.25, -0.2) is 21.2 Å². The summed E-state index contributed by atoms with van der Waals surface area (Å²) in [7, 11) is -7.42. The summed E-state index contributed by atoms with van der Waals surface area (Å²) in [4.78, 5) is 25.3. The Labute approximate surface area is 163 Å². The Bertz CT molecular complexity index is 950. The van der Waals surface area contributed by atoms with Crippen LogP contribution in [0.25, 0.3) is 0 Å². The molecule has 2 rings (SSSR count). The van der Waals surface area contributed by atoms with Gasteiger partial charge in [0.25, 0.3) is 0 Å². The predicted octanol–water partition coefficient (Wildman–Crippen LogP) is -0.746. The van der Waals surface area contributed by atoms with Crippen LogP contribution in [0.5, 0.6) is 0 Å². The Kier molecular flexibility index (Phi) is 6.78. The molecule has 2 N–H and O–H groups in total. The third kappa shape index (κ3) is 5.49. The lowest BCUT2D eigenvalue weighted by Crippen LogP contribution is -2.54. The van der Waals surface area contributed by atoms with E-state index < -0.39 is 54.5 Å². The second-order valence-electron chi connectivity index (χ2n) is 6.48. The van der Waals surface area contributed by atoms with Crippen LogP contribution in [-0.4, -0.2) is 70.2 Å². The number of rotatable bonds is 6. The molecule has 0 bridgehead atoms. The maximum atomic E-state index is 13.7. The van der Waals surface area contributed by atoms with E-state index in [4.69, 9.17) is 0 Å². The van der Waals surface area contributed by atoms with Gasteiger partial charge in [0.2, 0.25) is 21.8 Å². The van der Waals surface area contributed by atoms with E-state index in [2.05, 4.69) is 10.0 Å². The number of sulfone groups is 1. The highest BCUT2D eigenvalue weighted by molar-refractivity contribution is 7.91. The van der Waals surface area contributed by atoms with Crippen molar-refractivity contribution in [2.24, 2.45) is 0 Å². The third-order valence-corrected chi connectivity index (χ3v) is 7.42. The molecule has 1 unspecified atom stereocenters. The number of sulfonamides is 1. The number of amides is 2. The highest BCUT2D eigenvalue weighted by atomic mass is 32.2. The molecule has 0 aliphatic carbocycles. The molecule has 9 nitrogen and oxygen atoms in total. The van der Waals surface area contributed by atoms with Crippen molar-refractivity contribution in [3.8, 4) is 0 Å². The fourth-order valence-electron chi connectivity index (χ4n) is 2.62. The van der Waals surface area contributed by atoms with Crippen LogP contribution in [0.2, 0.25) is 0 Å². The first kappa shape index (κ1) is 22.2. The van der Waals surface area contributed by atoms with E-state index >= 15 is 0 Å². The molecular weight excluding hydrogens is 413 g/mol. The molecule has 0 saturated carbocycles. The summed E-state index contributed by atoms with van der Waals surface area (Å²) in [5.74, 6) is -2.47. The van der Waals surface area contributed by atoms with Crippen LogP contribution in [0, 0.1) is 5.82 Å². The van der Waals surface area contributed by atoms with Crippen LogP contribution in [0.15, 0.2) is 29.2 Å². The summed E-state index contributed by atoms with van der Waals surface area (Å²) in [6.07, 6.45) is 0. The number of halogens is 1. The van der Waals surface area contributed by atoms with Crippen LogP contribution < -0.4 is 10.0 Å². The largest absolute Gasteiger partial charge is 0.343 e. The molecule has 0 radical (unpaired) electrons. The van der Waals surface area contributed by atoms with Crippen molar-refractivity contribution in [1.82, 2.24) is 14.9 Å². The average molecular weight is 435 g/mol. The molecule has 1 heterocycles. The Morgan fingerprint density at radius 1 is 1.11 bits per heavy atom. The van der Waals surface area contributed by atoms with Crippen molar-refractivity contribution in [1.29, 1.82) is 0 Å². The van der Waals surface area contributed by atoms with Crippen LogP contribution in [-0.2, 0) is 29.4 Å². The van der Waals surface area contributed by atoms with E-state index in [0.717, 1.165) is 12.1 Å². The van der Waals surface area contributed by atoms with Gasteiger partial charge in [-0.05, 0) is 26.0 Å². The Hall–Kier alpha value is -2.05. The molecule has 0 spiro atoms. The molecule has 2 amide bonds. The molecule has 12 heteroatoms. The molecule has 1 aromatic carbocycles. The fourth-order valence-corrected chi connectivity index (χ4v) is 5.10. The molecule has 0 aromatic heterocycles. The molecule has 2 atom stereocenters. The minimum absolute atomic E-state index is 0.0385. The summed E-state index contributed by atoms with van der Waals surface area (Å²) in [5, 5.41) is 2.39. The van der Waals surface area contributed by atoms with Gasteiger partial charge < -0.3 is 10.2 Å². The lowest BCUT2D eigenvalue weighted by Gasteiger charge is -2.29. The predicted molar refractivity (Wildman–Crippen MR) is 99.0 cm³/mol. The molecule has 1 fully saturated rings. The van der Waals surface area contributed by atoms with Gasteiger partial charge in [0.1, 0.15) is 16.8 Å². The number of nitrogens with zero attached hydrogens (tertiary/aromatic N) is 1. The average Bonchev–Trinajstić information content (AvgIpc) is 2.60. The molecule has 1 saturated heterocycles. The molecular formula is C16H22FN3O6S2. The minimum Gasteiger partial charge on any atom is -0.343 e. The van der Waals surface area contributed by atoms with Crippen molar-refractivity contribution in [2.75, 3.05) is 24.6 Å². The maximum absolute atomic E-state index is 13.7. The van der Waals surface area contributed by atoms with Gasteiger partial charge in [-0.3, -0.25) is 9.59 Å². The van der Waals surface area contributed by atoms with Crippen molar-refractivity contribution in [2.45, 2.75) is 30.8 Å². The lowest BCUT2D eigenvalue weighted by atomic mass is 10.2. The first-order valence-electron chi connectivity index (χ1n) is 8.49. The summed E-state index contributed by atoms with van der Waals surface area (Å²) in [6, 6.07) is 2.50. The van der Waals surface area contributed by atoms with Gasteiger partial charge in [-0.1, -0.05) is 12.1 Å². The Morgan fingerprint density at radius 3 is 2.25 bits per heavy atom. The fraction of sp³-hybridized carbons (Fsp3) is 0.500. The number of hydrogen-bond donors (Lipinski definition) is 2. The van der Waals surface area contributed by atoms with E-state index in [1.165, 1.54) is 30.9 Å². The number of carbonyl (C=O) groups is 2. The first-order chi connectivity index (χ1) is 12.9. The minimum atomic E-state index is -4.27. The topological polar surface area (TPSA) is 130 Å². The zero-order valence-corrected chi connectivity index (χ0v) is 17.0. The van der Waals surface area contributed by atoms with Gasteiger partial charge in [-0.15, -0.1) is 0 Å². The molecule has 156 valence electrons. The number of benzene rings is 1.